The lowest BCUT2D eigenvalue weighted by Gasteiger charge is -2.13. The Morgan fingerprint density at radius 3 is 2.18 bits per heavy atom. The van der Waals surface area contributed by atoms with Crippen LogP contribution >= 0.6 is 0 Å². The Kier molecular flexibility index (Phi) is 4.49. The van der Waals surface area contributed by atoms with Crippen molar-refractivity contribution < 1.29 is 18.3 Å². The van der Waals surface area contributed by atoms with Crippen LogP contribution in [0.4, 0.5) is 13.2 Å². The van der Waals surface area contributed by atoms with E-state index < -0.39 is 12.3 Å². The molecular weight excluding hydrogens is 157 g/mol. The molecule has 68 valence electrons. The van der Waals surface area contributed by atoms with E-state index in [9.17, 15) is 13.2 Å². The Labute approximate surface area is 64.2 Å². The molecule has 0 aliphatic rings. The van der Waals surface area contributed by atoms with E-state index in [4.69, 9.17) is 5.11 Å². The zero-order valence-corrected chi connectivity index (χ0v) is 6.49. The van der Waals surface area contributed by atoms with Crippen molar-refractivity contribution in [2.45, 2.75) is 44.9 Å². The quantitative estimate of drug-likeness (QED) is 0.642. The zero-order chi connectivity index (χ0) is 8.91. The molecule has 11 heavy (non-hydrogen) atoms. The molecule has 0 aliphatic carbocycles. The molecule has 0 heterocycles. The first kappa shape index (κ1) is 10.8. The Balaban J connectivity index is 3.44. The molecule has 0 aromatic carbocycles. The molecule has 0 radical (unpaired) electrons. The number of aliphatic hydroxyl groups excluding tert-OH is 1. The largest absolute Gasteiger partial charge is 0.414 e. The van der Waals surface area contributed by atoms with E-state index in [-0.39, 0.29) is 6.42 Å². The second-order valence-electron chi connectivity index (χ2n) is 2.55. The van der Waals surface area contributed by atoms with Crippen molar-refractivity contribution >= 4 is 0 Å². The van der Waals surface area contributed by atoms with Crippen LogP contribution in [0.1, 0.15) is 32.6 Å². The van der Waals surface area contributed by atoms with Crippen molar-refractivity contribution in [1.82, 2.24) is 0 Å². The van der Waals surface area contributed by atoms with Crippen molar-refractivity contribution in [3.8, 4) is 0 Å². The number of rotatable bonds is 4. The third-order valence-corrected chi connectivity index (χ3v) is 1.46. The van der Waals surface area contributed by atoms with Crippen molar-refractivity contribution in [3.63, 3.8) is 0 Å². The number of hydrogen-bond acceptors (Lipinski definition) is 1. The van der Waals surface area contributed by atoms with Crippen LogP contribution in [0.15, 0.2) is 0 Å². The van der Waals surface area contributed by atoms with Gasteiger partial charge < -0.3 is 5.11 Å². The van der Waals surface area contributed by atoms with Crippen molar-refractivity contribution in [2.24, 2.45) is 0 Å². The minimum Gasteiger partial charge on any atom is -0.384 e. The van der Waals surface area contributed by atoms with Gasteiger partial charge in [0.2, 0.25) is 0 Å². The molecule has 0 spiro atoms. The summed E-state index contributed by atoms with van der Waals surface area (Å²) >= 11 is 0. The molecular formula is C7H13F3O. The van der Waals surface area contributed by atoms with Crippen molar-refractivity contribution in [2.75, 3.05) is 0 Å². The van der Waals surface area contributed by atoms with E-state index in [1.165, 1.54) is 0 Å². The molecule has 1 nitrogen and oxygen atoms in total. The first-order valence-corrected chi connectivity index (χ1v) is 3.73. The molecule has 0 rings (SSSR count). The Morgan fingerprint density at radius 2 is 1.82 bits per heavy atom. The molecule has 0 saturated heterocycles. The molecule has 0 fully saturated rings. The molecule has 1 N–H and O–H groups in total. The van der Waals surface area contributed by atoms with E-state index in [0.717, 1.165) is 12.8 Å². The SMILES string of the molecule is CCCCCC(O)C(F)(F)F. The van der Waals surface area contributed by atoms with Gasteiger partial charge in [-0.2, -0.15) is 13.2 Å². The van der Waals surface area contributed by atoms with Gasteiger partial charge in [-0.25, -0.2) is 0 Å². The van der Waals surface area contributed by atoms with Gasteiger partial charge in [-0.1, -0.05) is 26.2 Å². The predicted octanol–water partition coefficient (Wildman–Crippen LogP) is 2.49. The fourth-order valence-corrected chi connectivity index (χ4v) is 0.751. The van der Waals surface area contributed by atoms with Gasteiger partial charge in [-0.3, -0.25) is 0 Å². The Morgan fingerprint density at radius 1 is 1.27 bits per heavy atom. The maximum absolute atomic E-state index is 11.6. The van der Waals surface area contributed by atoms with Crippen molar-refractivity contribution in [3.05, 3.63) is 0 Å². The van der Waals surface area contributed by atoms with Crippen LogP contribution in [0.3, 0.4) is 0 Å². The minimum atomic E-state index is -4.44. The second kappa shape index (κ2) is 4.59. The Bertz CT molecular complexity index is 100. The third kappa shape index (κ3) is 5.07. The van der Waals surface area contributed by atoms with Crippen LogP contribution < -0.4 is 0 Å². The fourth-order valence-electron chi connectivity index (χ4n) is 0.751. The van der Waals surface area contributed by atoms with Gasteiger partial charge >= 0.3 is 6.18 Å². The third-order valence-electron chi connectivity index (χ3n) is 1.46. The summed E-state index contributed by atoms with van der Waals surface area (Å²) in [5.41, 5.74) is 0. The lowest BCUT2D eigenvalue weighted by atomic mass is 10.1. The summed E-state index contributed by atoms with van der Waals surface area (Å²) < 4.78 is 34.9. The molecule has 0 aliphatic heterocycles. The predicted molar refractivity (Wildman–Crippen MR) is 36.2 cm³/mol. The van der Waals surface area contributed by atoms with Gasteiger partial charge in [0.1, 0.15) is 6.10 Å². The highest BCUT2D eigenvalue weighted by Gasteiger charge is 2.37. The summed E-state index contributed by atoms with van der Waals surface area (Å²) in [7, 11) is 0. The van der Waals surface area contributed by atoms with Gasteiger partial charge in [-0.05, 0) is 6.42 Å². The van der Waals surface area contributed by atoms with Crippen LogP contribution in [0.2, 0.25) is 0 Å². The number of unbranched alkanes of at least 4 members (excludes halogenated alkanes) is 2. The molecule has 0 saturated carbocycles. The van der Waals surface area contributed by atoms with Crippen LogP contribution in [-0.4, -0.2) is 17.4 Å². The smallest absolute Gasteiger partial charge is 0.384 e. The molecule has 0 amide bonds. The van der Waals surface area contributed by atoms with Gasteiger partial charge in [0.15, 0.2) is 0 Å². The summed E-state index contributed by atoms with van der Waals surface area (Å²) in [4.78, 5) is 0. The number of alkyl halides is 3. The zero-order valence-electron chi connectivity index (χ0n) is 6.49. The van der Waals surface area contributed by atoms with Gasteiger partial charge in [0, 0.05) is 0 Å². The van der Waals surface area contributed by atoms with Gasteiger partial charge in [0.05, 0.1) is 0 Å². The van der Waals surface area contributed by atoms with E-state index in [0.29, 0.717) is 6.42 Å². The highest BCUT2D eigenvalue weighted by Crippen LogP contribution is 2.23. The van der Waals surface area contributed by atoms with Crippen LogP contribution in [-0.2, 0) is 0 Å². The molecule has 1 unspecified atom stereocenters. The second-order valence-corrected chi connectivity index (χ2v) is 2.55. The van der Waals surface area contributed by atoms with E-state index in [2.05, 4.69) is 0 Å². The summed E-state index contributed by atoms with van der Waals surface area (Å²) in [6.45, 7) is 1.90. The first-order valence-electron chi connectivity index (χ1n) is 3.73. The van der Waals surface area contributed by atoms with Gasteiger partial charge in [-0.15, -0.1) is 0 Å². The number of halogens is 3. The van der Waals surface area contributed by atoms with E-state index in [1.54, 1.807) is 0 Å². The van der Waals surface area contributed by atoms with E-state index >= 15 is 0 Å². The summed E-state index contributed by atoms with van der Waals surface area (Å²) in [5, 5.41) is 8.49. The highest BCUT2D eigenvalue weighted by atomic mass is 19.4. The molecule has 0 aromatic heterocycles. The van der Waals surface area contributed by atoms with Crippen LogP contribution in [0.5, 0.6) is 0 Å². The monoisotopic (exact) mass is 170 g/mol. The lowest BCUT2D eigenvalue weighted by Crippen LogP contribution is -2.28. The number of aliphatic hydroxyl groups is 1. The molecule has 1 atom stereocenters. The average molecular weight is 170 g/mol. The summed E-state index contributed by atoms with van der Waals surface area (Å²) in [6.07, 6.45) is -4.69. The maximum atomic E-state index is 11.6. The topological polar surface area (TPSA) is 20.2 Å². The van der Waals surface area contributed by atoms with Crippen molar-refractivity contribution in [1.29, 1.82) is 0 Å². The number of hydrogen-bond donors (Lipinski definition) is 1. The van der Waals surface area contributed by atoms with Crippen LogP contribution in [0.25, 0.3) is 0 Å². The minimum absolute atomic E-state index is 0.169. The van der Waals surface area contributed by atoms with Crippen LogP contribution in [0, 0.1) is 0 Å². The Hall–Kier alpha value is -0.250. The highest BCUT2D eigenvalue weighted by molar-refractivity contribution is 4.64. The lowest BCUT2D eigenvalue weighted by molar-refractivity contribution is -0.205. The standard InChI is InChI=1S/C7H13F3O/c1-2-3-4-5-6(11)7(8,9)10/h6,11H,2-5H2,1H3. The summed E-state index contributed by atoms with van der Waals surface area (Å²) in [6, 6.07) is 0. The van der Waals surface area contributed by atoms with Gasteiger partial charge in [0.25, 0.3) is 0 Å². The molecule has 0 aromatic rings. The normalized spacial score (nSPS) is 15.0. The molecule has 0 bridgehead atoms. The summed E-state index contributed by atoms with van der Waals surface area (Å²) in [5.74, 6) is 0. The van der Waals surface area contributed by atoms with E-state index in [1.807, 2.05) is 6.92 Å². The first-order chi connectivity index (χ1) is 4.98. The fraction of sp³-hybridized carbons (Fsp3) is 1.00. The average Bonchev–Trinajstić information content (AvgIpc) is 1.86. The molecule has 4 heteroatoms. The maximum Gasteiger partial charge on any atom is 0.414 e.